The van der Waals surface area contributed by atoms with E-state index in [0.717, 1.165) is 49.6 Å². The summed E-state index contributed by atoms with van der Waals surface area (Å²) in [5.41, 5.74) is 0. The lowest BCUT2D eigenvalue weighted by atomic mass is 9.76. The first kappa shape index (κ1) is 19.2. The van der Waals surface area contributed by atoms with Crippen molar-refractivity contribution in [1.82, 2.24) is 9.80 Å². The quantitative estimate of drug-likeness (QED) is 0.751. The number of hydrogen-bond donors (Lipinski definition) is 0. The third-order valence-corrected chi connectivity index (χ3v) is 7.49. The van der Waals surface area contributed by atoms with Crippen LogP contribution in [0.3, 0.4) is 0 Å². The number of rotatable bonds is 4. The Morgan fingerprint density at radius 3 is 1.88 bits per heavy atom. The van der Waals surface area contributed by atoms with Gasteiger partial charge < -0.3 is 9.80 Å². The minimum atomic E-state index is 0.334. The molecular formula is C22H40N2O. The number of piperidine rings is 2. The maximum absolute atomic E-state index is 12.9. The zero-order chi connectivity index (χ0) is 17.8. The summed E-state index contributed by atoms with van der Waals surface area (Å²) in [4.78, 5) is 17.6. The summed E-state index contributed by atoms with van der Waals surface area (Å²) in [5.74, 6) is 4.26. The summed E-state index contributed by atoms with van der Waals surface area (Å²) in [6.45, 7) is 9.28. The largest absolute Gasteiger partial charge is 0.342 e. The molecule has 0 bridgehead atoms. The van der Waals surface area contributed by atoms with Gasteiger partial charge in [-0.1, -0.05) is 13.8 Å². The van der Waals surface area contributed by atoms with Crippen LogP contribution in [-0.2, 0) is 4.79 Å². The van der Waals surface area contributed by atoms with Gasteiger partial charge in [0.2, 0.25) is 5.91 Å². The molecule has 0 aromatic carbocycles. The van der Waals surface area contributed by atoms with Crippen LogP contribution in [0, 0.1) is 29.6 Å². The fourth-order valence-electron chi connectivity index (χ4n) is 5.45. The third kappa shape index (κ3) is 5.21. The van der Waals surface area contributed by atoms with Gasteiger partial charge in [-0.15, -0.1) is 0 Å². The van der Waals surface area contributed by atoms with E-state index in [4.69, 9.17) is 0 Å². The van der Waals surface area contributed by atoms with Crippen LogP contribution in [-0.4, -0.2) is 48.9 Å². The average molecular weight is 349 g/mol. The minimum Gasteiger partial charge on any atom is -0.342 e. The van der Waals surface area contributed by atoms with Gasteiger partial charge in [0.05, 0.1) is 0 Å². The fourth-order valence-corrected chi connectivity index (χ4v) is 5.45. The van der Waals surface area contributed by atoms with E-state index in [1.54, 1.807) is 0 Å². The van der Waals surface area contributed by atoms with Gasteiger partial charge in [-0.2, -0.15) is 0 Å². The molecule has 1 saturated carbocycles. The highest BCUT2D eigenvalue weighted by Crippen LogP contribution is 2.35. The van der Waals surface area contributed by atoms with Crippen molar-refractivity contribution in [2.24, 2.45) is 29.6 Å². The SMILES string of the molecule is CC(C)C1CCC(C(=O)N2CCC(CC3CCN(C)CC3)CC2)CC1. The van der Waals surface area contributed by atoms with Crippen molar-refractivity contribution in [2.75, 3.05) is 33.2 Å². The molecule has 0 aromatic heterocycles. The van der Waals surface area contributed by atoms with Crippen LogP contribution in [0.5, 0.6) is 0 Å². The Kier molecular flexibility index (Phi) is 6.82. The maximum atomic E-state index is 12.9. The first-order chi connectivity index (χ1) is 12.0. The van der Waals surface area contributed by atoms with E-state index in [1.807, 2.05) is 0 Å². The number of likely N-dealkylation sites (tertiary alicyclic amines) is 2. The molecule has 1 amide bonds. The van der Waals surface area contributed by atoms with Crippen LogP contribution in [0.25, 0.3) is 0 Å². The molecule has 3 nitrogen and oxygen atoms in total. The summed E-state index contributed by atoms with van der Waals surface area (Å²) >= 11 is 0. The van der Waals surface area contributed by atoms with Gasteiger partial charge in [-0.05, 0) is 102 Å². The summed E-state index contributed by atoms with van der Waals surface area (Å²) in [5, 5.41) is 0. The molecule has 0 unspecified atom stereocenters. The van der Waals surface area contributed by atoms with Gasteiger partial charge >= 0.3 is 0 Å². The van der Waals surface area contributed by atoms with Crippen molar-refractivity contribution >= 4 is 5.91 Å². The van der Waals surface area contributed by atoms with E-state index in [1.165, 1.54) is 58.0 Å². The Bertz CT molecular complexity index is 412. The summed E-state index contributed by atoms with van der Waals surface area (Å²) in [6.07, 6.45) is 11.5. The maximum Gasteiger partial charge on any atom is 0.225 e. The van der Waals surface area contributed by atoms with Crippen molar-refractivity contribution in [3.8, 4) is 0 Å². The van der Waals surface area contributed by atoms with Gasteiger partial charge in [0.15, 0.2) is 0 Å². The lowest BCUT2D eigenvalue weighted by Crippen LogP contribution is -2.43. The molecule has 2 heterocycles. The zero-order valence-electron chi connectivity index (χ0n) is 16.9. The van der Waals surface area contributed by atoms with Crippen molar-refractivity contribution < 1.29 is 4.79 Å². The predicted molar refractivity (Wildman–Crippen MR) is 104 cm³/mol. The lowest BCUT2D eigenvalue weighted by molar-refractivity contribution is -0.138. The Labute approximate surface area is 155 Å². The van der Waals surface area contributed by atoms with E-state index in [0.29, 0.717) is 11.8 Å². The monoisotopic (exact) mass is 348 g/mol. The molecular weight excluding hydrogens is 308 g/mol. The second-order valence-corrected chi connectivity index (χ2v) is 9.61. The van der Waals surface area contributed by atoms with Gasteiger partial charge in [0.25, 0.3) is 0 Å². The summed E-state index contributed by atoms with van der Waals surface area (Å²) in [6, 6.07) is 0. The molecule has 25 heavy (non-hydrogen) atoms. The van der Waals surface area contributed by atoms with E-state index in [-0.39, 0.29) is 0 Å². The molecule has 3 aliphatic rings. The third-order valence-electron chi connectivity index (χ3n) is 7.49. The van der Waals surface area contributed by atoms with Crippen LogP contribution >= 0.6 is 0 Å². The molecule has 0 spiro atoms. The molecule has 0 atom stereocenters. The lowest BCUT2D eigenvalue weighted by Gasteiger charge is -2.38. The molecule has 2 saturated heterocycles. The van der Waals surface area contributed by atoms with E-state index in [9.17, 15) is 4.79 Å². The normalized spacial score (nSPS) is 30.8. The van der Waals surface area contributed by atoms with Gasteiger partial charge in [-0.25, -0.2) is 0 Å². The molecule has 0 aromatic rings. The smallest absolute Gasteiger partial charge is 0.225 e. The van der Waals surface area contributed by atoms with Crippen molar-refractivity contribution in [3.05, 3.63) is 0 Å². The van der Waals surface area contributed by atoms with Gasteiger partial charge in [0, 0.05) is 19.0 Å². The Balaban J connectivity index is 1.38. The number of hydrogen-bond acceptors (Lipinski definition) is 2. The molecule has 3 fully saturated rings. The predicted octanol–water partition coefficient (Wildman–Crippen LogP) is 4.42. The Hall–Kier alpha value is -0.570. The zero-order valence-corrected chi connectivity index (χ0v) is 16.9. The standard InChI is InChI=1S/C22H40N2O/c1-17(2)20-4-6-21(7-5-20)22(25)24-14-10-19(11-15-24)16-18-8-12-23(3)13-9-18/h17-21H,4-16H2,1-3H3. The minimum absolute atomic E-state index is 0.334. The van der Waals surface area contributed by atoms with Gasteiger partial charge in [0.1, 0.15) is 0 Å². The molecule has 0 radical (unpaired) electrons. The summed E-state index contributed by atoms with van der Waals surface area (Å²) < 4.78 is 0. The molecule has 1 aliphatic carbocycles. The summed E-state index contributed by atoms with van der Waals surface area (Å²) in [7, 11) is 2.24. The van der Waals surface area contributed by atoms with Crippen LogP contribution in [0.15, 0.2) is 0 Å². The highest BCUT2D eigenvalue weighted by Gasteiger charge is 2.32. The molecule has 3 heteroatoms. The first-order valence-corrected chi connectivity index (χ1v) is 11.0. The second kappa shape index (κ2) is 8.88. The van der Waals surface area contributed by atoms with E-state index < -0.39 is 0 Å². The molecule has 2 aliphatic heterocycles. The number of carbonyl (C=O) groups is 1. The highest BCUT2D eigenvalue weighted by molar-refractivity contribution is 5.79. The van der Waals surface area contributed by atoms with Crippen molar-refractivity contribution in [2.45, 2.75) is 71.6 Å². The second-order valence-electron chi connectivity index (χ2n) is 9.61. The number of amides is 1. The average Bonchev–Trinajstić information content (AvgIpc) is 2.64. The highest BCUT2D eigenvalue weighted by atomic mass is 16.2. The molecule has 144 valence electrons. The van der Waals surface area contributed by atoms with Crippen LogP contribution in [0.2, 0.25) is 0 Å². The molecule has 0 N–H and O–H groups in total. The number of carbonyl (C=O) groups excluding carboxylic acids is 1. The Morgan fingerprint density at radius 2 is 1.36 bits per heavy atom. The van der Waals surface area contributed by atoms with Gasteiger partial charge in [-0.3, -0.25) is 4.79 Å². The van der Waals surface area contributed by atoms with Crippen LogP contribution in [0.1, 0.15) is 71.6 Å². The van der Waals surface area contributed by atoms with Crippen molar-refractivity contribution in [1.29, 1.82) is 0 Å². The van der Waals surface area contributed by atoms with Crippen LogP contribution < -0.4 is 0 Å². The fraction of sp³-hybridized carbons (Fsp3) is 0.955. The first-order valence-electron chi connectivity index (χ1n) is 11.0. The van der Waals surface area contributed by atoms with E-state index in [2.05, 4.69) is 30.7 Å². The Morgan fingerprint density at radius 1 is 0.840 bits per heavy atom. The van der Waals surface area contributed by atoms with Crippen LogP contribution in [0.4, 0.5) is 0 Å². The van der Waals surface area contributed by atoms with E-state index >= 15 is 0 Å². The van der Waals surface area contributed by atoms with Crippen molar-refractivity contribution in [3.63, 3.8) is 0 Å². The topological polar surface area (TPSA) is 23.6 Å². The molecule has 3 rings (SSSR count). The number of nitrogens with zero attached hydrogens (tertiary/aromatic N) is 2.